The summed E-state index contributed by atoms with van der Waals surface area (Å²) in [6.45, 7) is 3.91. The number of hydrogen-bond donors (Lipinski definition) is 0. The standard InChI is InChI=1S/C17H27N3O4/c21-15(14-4-2-1-3-5-14)18-6-8-19(9-7-18)16(22)17(23)20-10-12-24-13-11-20/h14H,1-13H2. The van der Waals surface area contributed by atoms with E-state index in [9.17, 15) is 14.4 Å². The molecular weight excluding hydrogens is 310 g/mol. The summed E-state index contributed by atoms with van der Waals surface area (Å²) < 4.78 is 5.21. The van der Waals surface area contributed by atoms with Crippen molar-refractivity contribution in [3.05, 3.63) is 0 Å². The van der Waals surface area contributed by atoms with Crippen LogP contribution in [0.4, 0.5) is 0 Å². The molecule has 2 aliphatic heterocycles. The molecule has 2 heterocycles. The van der Waals surface area contributed by atoms with Crippen molar-refractivity contribution >= 4 is 17.7 Å². The molecule has 3 fully saturated rings. The zero-order valence-electron chi connectivity index (χ0n) is 14.2. The third-order valence-electron chi connectivity index (χ3n) is 5.31. The van der Waals surface area contributed by atoms with Crippen molar-refractivity contribution in [2.24, 2.45) is 5.92 Å². The predicted molar refractivity (Wildman–Crippen MR) is 87.1 cm³/mol. The molecule has 0 radical (unpaired) electrons. The molecule has 134 valence electrons. The molecule has 0 spiro atoms. The van der Waals surface area contributed by atoms with Gasteiger partial charge in [-0.3, -0.25) is 14.4 Å². The number of carbonyl (C=O) groups excluding carboxylic acids is 3. The molecule has 3 aliphatic rings. The maximum absolute atomic E-state index is 12.5. The van der Waals surface area contributed by atoms with E-state index >= 15 is 0 Å². The van der Waals surface area contributed by atoms with E-state index in [1.165, 1.54) is 6.42 Å². The second-order valence-electron chi connectivity index (χ2n) is 6.86. The van der Waals surface area contributed by atoms with Crippen LogP contribution in [0.2, 0.25) is 0 Å². The topological polar surface area (TPSA) is 70.2 Å². The third kappa shape index (κ3) is 3.88. The SMILES string of the molecule is O=C(C(=O)N1CCN(C(=O)C2CCCCC2)CC1)N1CCOCC1. The number of nitrogens with zero attached hydrogens (tertiary/aromatic N) is 3. The third-order valence-corrected chi connectivity index (χ3v) is 5.31. The summed E-state index contributed by atoms with van der Waals surface area (Å²) in [7, 11) is 0. The second-order valence-corrected chi connectivity index (χ2v) is 6.86. The number of amides is 3. The molecule has 1 aliphatic carbocycles. The lowest BCUT2D eigenvalue weighted by atomic mass is 9.88. The molecule has 3 amide bonds. The molecular formula is C17H27N3O4. The number of hydrogen-bond acceptors (Lipinski definition) is 4. The lowest BCUT2D eigenvalue weighted by Gasteiger charge is -2.37. The lowest BCUT2D eigenvalue weighted by molar-refractivity contribution is -0.156. The quantitative estimate of drug-likeness (QED) is 0.636. The summed E-state index contributed by atoms with van der Waals surface area (Å²) in [6.07, 6.45) is 5.50. The average Bonchev–Trinajstić information content (AvgIpc) is 2.68. The van der Waals surface area contributed by atoms with Gasteiger partial charge in [-0.05, 0) is 12.8 Å². The van der Waals surface area contributed by atoms with Crippen molar-refractivity contribution in [2.45, 2.75) is 32.1 Å². The van der Waals surface area contributed by atoms with Gasteiger partial charge in [-0.1, -0.05) is 19.3 Å². The molecule has 7 nitrogen and oxygen atoms in total. The highest BCUT2D eigenvalue weighted by molar-refractivity contribution is 6.34. The zero-order valence-corrected chi connectivity index (χ0v) is 14.2. The highest BCUT2D eigenvalue weighted by Crippen LogP contribution is 2.25. The minimum absolute atomic E-state index is 0.163. The maximum Gasteiger partial charge on any atom is 0.312 e. The van der Waals surface area contributed by atoms with Crippen LogP contribution >= 0.6 is 0 Å². The van der Waals surface area contributed by atoms with Crippen molar-refractivity contribution in [3.8, 4) is 0 Å². The normalized spacial score (nSPS) is 23.2. The van der Waals surface area contributed by atoms with E-state index in [-0.39, 0.29) is 11.8 Å². The van der Waals surface area contributed by atoms with Gasteiger partial charge in [0, 0.05) is 45.2 Å². The van der Waals surface area contributed by atoms with E-state index < -0.39 is 11.8 Å². The van der Waals surface area contributed by atoms with Gasteiger partial charge in [0.25, 0.3) is 0 Å². The summed E-state index contributed by atoms with van der Waals surface area (Å²) in [6, 6.07) is 0. The van der Waals surface area contributed by atoms with E-state index in [0.29, 0.717) is 52.5 Å². The van der Waals surface area contributed by atoms with Crippen molar-refractivity contribution in [1.29, 1.82) is 0 Å². The Morgan fingerprint density at radius 3 is 1.75 bits per heavy atom. The monoisotopic (exact) mass is 337 g/mol. The van der Waals surface area contributed by atoms with Gasteiger partial charge in [-0.25, -0.2) is 0 Å². The number of morpholine rings is 1. The molecule has 1 saturated carbocycles. The Morgan fingerprint density at radius 1 is 0.667 bits per heavy atom. The Balaban J connectivity index is 1.48. The van der Waals surface area contributed by atoms with E-state index in [1.807, 2.05) is 4.90 Å². The van der Waals surface area contributed by atoms with Crippen LogP contribution in [-0.4, -0.2) is 84.9 Å². The van der Waals surface area contributed by atoms with Gasteiger partial charge >= 0.3 is 11.8 Å². The molecule has 0 aromatic rings. The zero-order chi connectivity index (χ0) is 16.9. The van der Waals surface area contributed by atoms with E-state index in [2.05, 4.69) is 0 Å². The van der Waals surface area contributed by atoms with Gasteiger partial charge in [0.1, 0.15) is 0 Å². The molecule has 0 N–H and O–H groups in total. The fraction of sp³-hybridized carbons (Fsp3) is 0.824. The fourth-order valence-corrected chi connectivity index (χ4v) is 3.77. The predicted octanol–water partition coefficient (Wildman–Crippen LogP) is 0.0963. The molecule has 0 aromatic carbocycles. The summed E-state index contributed by atoms with van der Waals surface area (Å²) >= 11 is 0. The number of piperazine rings is 1. The summed E-state index contributed by atoms with van der Waals surface area (Å²) in [5.41, 5.74) is 0. The van der Waals surface area contributed by atoms with Crippen molar-refractivity contribution < 1.29 is 19.1 Å². The molecule has 24 heavy (non-hydrogen) atoms. The van der Waals surface area contributed by atoms with Crippen LogP contribution < -0.4 is 0 Å². The molecule has 2 saturated heterocycles. The first-order chi connectivity index (χ1) is 11.7. The minimum Gasteiger partial charge on any atom is -0.378 e. The highest BCUT2D eigenvalue weighted by Gasteiger charge is 2.33. The lowest BCUT2D eigenvalue weighted by Crippen LogP contribution is -2.56. The summed E-state index contributed by atoms with van der Waals surface area (Å²) in [4.78, 5) is 42.2. The molecule has 0 bridgehead atoms. The van der Waals surface area contributed by atoms with Crippen LogP contribution in [0.1, 0.15) is 32.1 Å². The van der Waals surface area contributed by atoms with E-state index in [0.717, 1.165) is 25.7 Å². The first-order valence-corrected chi connectivity index (χ1v) is 9.11. The Morgan fingerprint density at radius 2 is 1.17 bits per heavy atom. The Hall–Kier alpha value is -1.63. The number of rotatable bonds is 1. The van der Waals surface area contributed by atoms with Crippen LogP contribution in [0, 0.1) is 5.92 Å². The fourth-order valence-electron chi connectivity index (χ4n) is 3.77. The van der Waals surface area contributed by atoms with E-state index in [4.69, 9.17) is 4.74 Å². The van der Waals surface area contributed by atoms with Gasteiger partial charge in [-0.2, -0.15) is 0 Å². The highest BCUT2D eigenvalue weighted by atomic mass is 16.5. The summed E-state index contributed by atoms with van der Waals surface area (Å²) in [5, 5.41) is 0. The van der Waals surface area contributed by atoms with Gasteiger partial charge in [0.2, 0.25) is 5.91 Å². The van der Waals surface area contributed by atoms with Gasteiger partial charge in [0.15, 0.2) is 0 Å². The van der Waals surface area contributed by atoms with Gasteiger partial charge in [0.05, 0.1) is 13.2 Å². The molecule has 0 atom stereocenters. The second kappa shape index (κ2) is 7.96. The molecule has 7 heteroatoms. The Kier molecular flexibility index (Phi) is 5.71. The molecule has 0 unspecified atom stereocenters. The Bertz CT molecular complexity index is 476. The van der Waals surface area contributed by atoms with Crippen LogP contribution in [-0.2, 0) is 19.1 Å². The first kappa shape index (κ1) is 17.2. The van der Waals surface area contributed by atoms with Gasteiger partial charge in [-0.15, -0.1) is 0 Å². The van der Waals surface area contributed by atoms with Crippen LogP contribution in [0.25, 0.3) is 0 Å². The van der Waals surface area contributed by atoms with Crippen LogP contribution in [0.15, 0.2) is 0 Å². The number of ether oxygens (including phenoxy) is 1. The molecule has 3 rings (SSSR count). The van der Waals surface area contributed by atoms with Crippen molar-refractivity contribution in [2.75, 3.05) is 52.5 Å². The van der Waals surface area contributed by atoms with Gasteiger partial charge < -0.3 is 19.4 Å². The Labute approximate surface area is 142 Å². The first-order valence-electron chi connectivity index (χ1n) is 9.11. The van der Waals surface area contributed by atoms with Crippen LogP contribution in [0.3, 0.4) is 0 Å². The largest absolute Gasteiger partial charge is 0.378 e. The van der Waals surface area contributed by atoms with Crippen LogP contribution in [0.5, 0.6) is 0 Å². The van der Waals surface area contributed by atoms with Crippen molar-refractivity contribution in [1.82, 2.24) is 14.7 Å². The maximum atomic E-state index is 12.5. The number of carbonyl (C=O) groups is 3. The van der Waals surface area contributed by atoms with E-state index in [1.54, 1.807) is 9.80 Å². The molecule has 0 aromatic heterocycles. The minimum atomic E-state index is -0.443. The van der Waals surface area contributed by atoms with Crippen molar-refractivity contribution in [3.63, 3.8) is 0 Å². The average molecular weight is 337 g/mol. The smallest absolute Gasteiger partial charge is 0.312 e. The summed E-state index contributed by atoms with van der Waals surface area (Å²) in [5.74, 6) is -0.482.